The maximum absolute atomic E-state index is 12.3. The van der Waals surface area contributed by atoms with Gasteiger partial charge in [-0.15, -0.1) is 0 Å². The third kappa shape index (κ3) is 6.66. The summed E-state index contributed by atoms with van der Waals surface area (Å²) in [6.45, 7) is 6.47. The molecule has 2 aromatic carbocycles. The van der Waals surface area contributed by atoms with Gasteiger partial charge in [0.05, 0.1) is 6.61 Å². The number of benzene rings is 2. The Morgan fingerprint density at radius 1 is 0.964 bits per heavy atom. The topological polar surface area (TPSA) is 79.5 Å². The standard InChI is InChI=1S/C21H25N3O3S/c1-4-13-27-18-11-7-16(8-12-18)20(26)24-21(28)23-17-9-5-15(6-10-17)19(25)22-14(2)3/h5-12,14H,4,13H2,1-3H3,(H,22,25)(H2,23,24,26,28). The average Bonchev–Trinajstić information content (AvgIpc) is 2.66. The minimum atomic E-state index is -0.313. The van der Waals surface area contributed by atoms with Crippen LogP contribution in [0.3, 0.4) is 0 Å². The molecule has 28 heavy (non-hydrogen) atoms. The van der Waals surface area contributed by atoms with Crippen molar-refractivity contribution in [2.75, 3.05) is 11.9 Å². The van der Waals surface area contributed by atoms with Gasteiger partial charge < -0.3 is 15.4 Å². The highest BCUT2D eigenvalue weighted by Gasteiger charge is 2.10. The minimum Gasteiger partial charge on any atom is -0.494 e. The van der Waals surface area contributed by atoms with E-state index in [4.69, 9.17) is 17.0 Å². The van der Waals surface area contributed by atoms with Gasteiger partial charge >= 0.3 is 0 Å². The lowest BCUT2D eigenvalue weighted by Crippen LogP contribution is -2.34. The maximum atomic E-state index is 12.3. The fourth-order valence-electron chi connectivity index (χ4n) is 2.31. The molecule has 0 saturated heterocycles. The van der Waals surface area contributed by atoms with Crippen LogP contribution in [0.2, 0.25) is 0 Å². The largest absolute Gasteiger partial charge is 0.494 e. The predicted octanol–water partition coefficient (Wildman–Crippen LogP) is 3.74. The Labute approximate surface area is 170 Å². The van der Waals surface area contributed by atoms with Gasteiger partial charge in [0.2, 0.25) is 0 Å². The van der Waals surface area contributed by atoms with Gasteiger partial charge in [-0.1, -0.05) is 6.92 Å². The van der Waals surface area contributed by atoms with Crippen molar-refractivity contribution in [3.63, 3.8) is 0 Å². The Kier molecular flexibility index (Phi) is 7.95. The molecule has 2 rings (SSSR count). The van der Waals surface area contributed by atoms with Crippen LogP contribution in [0.4, 0.5) is 5.69 Å². The molecular formula is C21H25N3O3S. The van der Waals surface area contributed by atoms with Crippen molar-refractivity contribution in [2.24, 2.45) is 0 Å². The summed E-state index contributed by atoms with van der Waals surface area (Å²) < 4.78 is 5.50. The SMILES string of the molecule is CCCOc1ccc(C(=O)NC(=S)Nc2ccc(C(=O)NC(C)C)cc2)cc1. The summed E-state index contributed by atoms with van der Waals surface area (Å²) in [6.07, 6.45) is 0.922. The van der Waals surface area contributed by atoms with Gasteiger partial charge in [-0.25, -0.2) is 0 Å². The van der Waals surface area contributed by atoms with E-state index >= 15 is 0 Å². The van der Waals surface area contributed by atoms with E-state index in [2.05, 4.69) is 16.0 Å². The quantitative estimate of drug-likeness (QED) is 0.618. The van der Waals surface area contributed by atoms with Gasteiger partial charge in [0.25, 0.3) is 11.8 Å². The number of carbonyl (C=O) groups is 2. The van der Waals surface area contributed by atoms with E-state index in [-0.39, 0.29) is 23.0 Å². The van der Waals surface area contributed by atoms with E-state index in [0.29, 0.717) is 23.4 Å². The Balaban J connectivity index is 1.89. The molecule has 2 aromatic rings. The smallest absolute Gasteiger partial charge is 0.257 e. The second-order valence-electron chi connectivity index (χ2n) is 6.49. The molecular weight excluding hydrogens is 374 g/mol. The molecule has 7 heteroatoms. The van der Waals surface area contributed by atoms with E-state index in [1.807, 2.05) is 20.8 Å². The first-order valence-electron chi connectivity index (χ1n) is 9.15. The molecule has 0 saturated carbocycles. The number of hydrogen-bond acceptors (Lipinski definition) is 4. The van der Waals surface area contributed by atoms with Crippen molar-refractivity contribution in [2.45, 2.75) is 33.2 Å². The summed E-state index contributed by atoms with van der Waals surface area (Å²) in [5, 5.41) is 8.57. The van der Waals surface area contributed by atoms with Gasteiger partial charge in [-0.2, -0.15) is 0 Å². The van der Waals surface area contributed by atoms with Crippen molar-refractivity contribution >= 4 is 34.8 Å². The molecule has 0 radical (unpaired) electrons. The van der Waals surface area contributed by atoms with Crippen LogP contribution in [-0.2, 0) is 0 Å². The van der Waals surface area contributed by atoms with Crippen LogP contribution in [0.5, 0.6) is 5.75 Å². The van der Waals surface area contributed by atoms with Gasteiger partial charge in [0.1, 0.15) is 5.75 Å². The van der Waals surface area contributed by atoms with Gasteiger partial charge in [0, 0.05) is 22.9 Å². The number of amides is 2. The molecule has 0 aliphatic heterocycles. The van der Waals surface area contributed by atoms with Crippen LogP contribution in [0.1, 0.15) is 47.9 Å². The van der Waals surface area contributed by atoms with Crippen LogP contribution >= 0.6 is 12.2 Å². The number of nitrogens with one attached hydrogen (secondary N) is 3. The number of ether oxygens (including phenoxy) is 1. The number of anilines is 1. The molecule has 2 amide bonds. The Hall–Kier alpha value is -2.93. The zero-order chi connectivity index (χ0) is 20.5. The van der Waals surface area contributed by atoms with Crippen LogP contribution in [-0.4, -0.2) is 29.6 Å². The highest BCUT2D eigenvalue weighted by Crippen LogP contribution is 2.13. The van der Waals surface area contributed by atoms with E-state index in [1.54, 1.807) is 48.5 Å². The van der Waals surface area contributed by atoms with Gasteiger partial charge in [0.15, 0.2) is 5.11 Å². The van der Waals surface area contributed by atoms with Crippen molar-refractivity contribution < 1.29 is 14.3 Å². The third-order valence-electron chi connectivity index (χ3n) is 3.64. The molecule has 3 N–H and O–H groups in total. The molecule has 0 aliphatic rings. The summed E-state index contributed by atoms with van der Waals surface area (Å²) >= 11 is 5.19. The monoisotopic (exact) mass is 399 g/mol. The molecule has 0 unspecified atom stereocenters. The molecule has 0 atom stereocenters. The predicted molar refractivity (Wildman–Crippen MR) is 115 cm³/mol. The highest BCUT2D eigenvalue weighted by atomic mass is 32.1. The third-order valence-corrected chi connectivity index (χ3v) is 3.85. The first kappa shape index (κ1) is 21.4. The maximum Gasteiger partial charge on any atom is 0.257 e. The molecule has 0 aromatic heterocycles. The molecule has 0 spiro atoms. The Morgan fingerprint density at radius 3 is 2.11 bits per heavy atom. The lowest BCUT2D eigenvalue weighted by molar-refractivity contribution is 0.0941. The van der Waals surface area contributed by atoms with Crippen LogP contribution < -0.4 is 20.7 Å². The number of rotatable bonds is 7. The van der Waals surface area contributed by atoms with E-state index in [9.17, 15) is 9.59 Å². The molecule has 0 bridgehead atoms. The highest BCUT2D eigenvalue weighted by molar-refractivity contribution is 7.80. The normalized spacial score (nSPS) is 10.3. The van der Waals surface area contributed by atoms with Crippen molar-refractivity contribution in [3.05, 3.63) is 59.7 Å². The fourth-order valence-corrected chi connectivity index (χ4v) is 2.52. The van der Waals surface area contributed by atoms with E-state index in [0.717, 1.165) is 12.2 Å². The second kappa shape index (κ2) is 10.4. The summed E-state index contributed by atoms with van der Waals surface area (Å²) in [5.74, 6) is 0.275. The van der Waals surface area contributed by atoms with E-state index < -0.39 is 0 Å². The number of thiocarbonyl (C=S) groups is 1. The van der Waals surface area contributed by atoms with Gasteiger partial charge in [-0.3, -0.25) is 14.9 Å². The molecule has 148 valence electrons. The molecule has 0 heterocycles. The molecule has 0 aliphatic carbocycles. The molecule has 6 nitrogen and oxygen atoms in total. The summed E-state index contributed by atoms with van der Waals surface area (Å²) in [6, 6.07) is 13.8. The average molecular weight is 400 g/mol. The number of hydrogen-bond donors (Lipinski definition) is 3. The second-order valence-corrected chi connectivity index (χ2v) is 6.89. The fraction of sp³-hybridized carbons (Fsp3) is 0.286. The minimum absolute atomic E-state index is 0.0698. The first-order chi connectivity index (χ1) is 13.4. The van der Waals surface area contributed by atoms with Gasteiger partial charge in [-0.05, 0) is 81.0 Å². The summed E-state index contributed by atoms with van der Waals surface area (Å²) in [7, 11) is 0. The Bertz CT molecular complexity index is 818. The van der Waals surface area contributed by atoms with Crippen molar-refractivity contribution in [1.29, 1.82) is 0 Å². The zero-order valence-electron chi connectivity index (χ0n) is 16.2. The lowest BCUT2D eigenvalue weighted by Gasteiger charge is -2.11. The summed E-state index contributed by atoms with van der Waals surface area (Å²) in [5.41, 5.74) is 1.71. The van der Waals surface area contributed by atoms with Crippen LogP contribution in [0.15, 0.2) is 48.5 Å². The van der Waals surface area contributed by atoms with Crippen LogP contribution in [0, 0.1) is 0 Å². The summed E-state index contributed by atoms with van der Waals surface area (Å²) in [4.78, 5) is 24.2. The van der Waals surface area contributed by atoms with Crippen LogP contribution in [0.25, 0.3) is 0 Å². The van der Waals surface area contributed by atoms with Crippen molar-refractivity contribution in [1.82, 2.24) is 10.6 Å². The zero-order valence-corrected chi connectivity index (χ0v) is 17.1. The number of carbonyl (C=O) groups excluding carboxylic acids is 2. The molecule has 0 fully saturated rings. The van der Waals surface area contributed by atoms with Crippen molar-refractivity contribution in [3.8, 4) is 5.75 Å². The lowest BCUT2D eigenvalue weighted by atomic mass is 10.2. The Morgan fingerprint density at radius 2 is 1.54 bits per heavy atom. The van der Waals surface area contributed by atoms with E-state index in [1.165, 1.54) is 0 Å². The first-order valence-corrected chi connectivity index (χ1v) is 9.56.